The average molecular weight is 549 g/mol. The van der Waals surface area contributed by atoms with Crippen molar-refractivity contribution in [2.24, 2.45) is 0 Å². The Kier molecular flexibility index (Phi) is 8.22. The highest BCUT2D eigenvalue weighted by Crippen LogP contribution is 2.36. The molecular formula is C27H34F2N4O6. The second-order valence-corrected chi connectivity index (χ2v) is 9.87. The summed E-state index contributed by atoms with van der Waals surface area (Å²) >= 11 is 0. The lowest BCUT2D eigenvalue weighted by atomic mass is 10.1. The van der Waals surface area contributed by atoms with Gasteiger partial charge in [0.05, 0.1) is 38.4 Å². The maximum Gasteiger partial charge on any atom is 0.256 e. The van der Waals surface area contributed by atoms with Gasteiger partial charge in [-0.2, -0.15) is 0 Å². The number of ether oxygens (including phenoxy) is 4. The van der Waals surface area contributed by atoms with Crippen molar-refractivity contribution in [1.82, 2.24) is 9.80 Å². The summed E-state index contributed by atoms with van der Waals surface area (Å²) in [4.78, 5) is 28.9. The fraction of sp³-hybridized carbons (Fsp3) is 0.481. The van der Waals surface area contributed by atoms with E-state index >= 15 is 0 Å². The molecule has 212 valence electrons. The number of likely N-dealkylation sites (tertiary alicyclic amines) is 2. The largest absolute Gasteiger partial charge is 0.493 e. The Hall–Kier alpha value is -3.96. The van der Waals surface area contributed by atoms with Gasteiger partial charge in [-0.05, 0) is 26.0 Å². The van der Waals surface area contributed by atoms with Gasteiger partial charge in [0, 0.05) is 48.4 Å². The third-order valence-electron chi connectivity index (χ3n) is 7.13. The van der Waals surface area contributed by atoms with Gasteiger partial charge in [-0.15, -0.1) is 0 Å². The molecule has 12 heteroatoms. The van der Waals surface area contributed by atoms with Gasteiger partial charge < -0.3 is 40.2 Å². The number of alkyl halides is 2. The number of methoxy groups -OCH3 is 2. The highest BCUT2D eigenvalue weighted by atomic mass is 19.1. The van der Waals surface area contributed by atoms with Gasteiger partial charge in [0.25, 0.3) is 11.8 Å². The first-order chi connectivity index (χ1) is 18.5. The topological polar surface area (TPSA) is 130 Å². The standard InChI is InChI=1S/C27H34F2N4O6/c1-14-5-16(28)11-32(14)26(34)18-7-22(36-3)24(9-20(18)30)38-13-39-25-10-21(31)19(8-23(25)37-4)27(35)33-12-17(29)6-15(33)2/h7-10,14-17H,5-6,11-13,30-31H2,1-4H3/t14-,15-,16+,17+/m1/s1. The Labute approximate surface area is 225 Å². The molecule has 0 bridgehead atoms. The zero-order valence-electron chi connectivity index (χ0n) is 22.4. The fourth-order valence-corrected chi connectivity index (χ4v) is 5.03. The lowest BCUT2D eigenvalue weighted by Gasteiger charge is -2.23. The molecule has 39 heavy (non-hydrogen) atoms. The summed E-state index contributed by atoms with van der Waals surface area (Å²) < 4.78 is 49.8. The molecule has 2 aromatic carbocycles. The van der Waals surface area contributed by atoms with Gasteiger partial charge >= 0.3 is 0 Å². The molecule has 2 saturated heterocycles. The molecule has 0 unspecified atom stereocenters. The van der Waals surface area contributed by atoms with Crippen LogP contribution in [0.2, 0.25) is 0 Å². The number of benzene rings is 2. The van der Waals surface area contributed by atoms with Crippen molar-refractivity contribution in [3.05, 3.63) is 35.4 Å². The van der Waals surface area contributed by atoms with Crippen LogP contribution in [0.5, 0.6) is 23.0 Å². The van der Waals surface area contributed by atoms with Crippen molar-refractivity contribution < 1.29 is 37.3 Å². The molecule has 2 heterocycles. The van der Waals surface area contributed by atoms with E-state index in [-0.39, 0.29) is 102 Å². The van der Waals surface area contributed by atoms with E-state index in [0.29, 0.717) is 0 Å². The number of amides is 2. The van der Waals surface area contributed by atoms with Crippen molar-refractivity contribution in [2.75, 3.05) is 45.6 Å². The predicted octanol–water partition coefficient (Wildman–Crippen LogP) is 3.43. The van der Waals surface area contributed by atoms with Crippen LogP contribution in [0.3, 0.4) is 0 Å². The monoisotopic (exact) mass is 548 g/mol. The van der Waals surface area contributed by atoms with E-state index in [0.717, 1.165) is 0 Å². The highest BCUT2D eigenvalue weighted by Gasteiger charge is 2.35. The Bertz CT molecular complexity index is 1150. The van der Waals surface area contributed by atoms with Crippen LogP contribution in [-0.4, -0.2) is 80.1 Å². The molecule has 2 aromatic rings. The lowest BCUT2D eigenvalue weighted by molar-refractivity contribution is 0.0733. The number of hydrogen-bond acceptors (Lipinski definition) is 8. The van der Waals surface area contributed by atoms with Crippen molar-refractivity contribution in [3.8, 4) is 23.0 Å². The summed E-state index contributed by atoms with van der Waals surface area (Å²) in [6.07, 6.45) is -1.59. The van der Waals surface area contributed by atoms with Crippen molar-refractivity contribution in [3.63, 3.8) is 0 Å². The Morgan fingerprint density at radius 2 is 1.15 bits per heavy atom. The summed E-state index contributed by atoms with van der Waals surface area (Å²) in [6.45, 7) is 3.28. The van der Waals surface area contributed by atoms with Crippen LogP contribution < -0.4 is 30.4 Å². The molecule has 2 aliphatic heterocycles. The minimum atomic E-state index is -1.07. The third-order valence-corrected chi connectivity index (χ3v) is 7.13. The molecule has 4 N–H and O–H groups in total. The molecule has 4 rings (SSSR count). The van der Waals surface area contributed by atoms with Crippen LogP contribution in [0.4, 0.5) is 20.2 Å². The number of anilines is 2. The first-order valence-electron chi connectivity index (χ1n) is 12.6. The van der Waals surface area contributed by atoms with Crippen LogP contribution >= 0.6 is 0 Å². The summed E-state index contributed by atoms with van der Waals surface area (Å²) in [5.74, 6) is 0.123. The average Bonchev–Trinajstić information content (AvgIpc) is 3.42. The number of carbonyl (C=O) groups is 2. The normalized spacial score (nSPS) is 22.6. The molecular weight excluding hydrogens is 514 g/mol. The number of nitrogens with zero attached hydrogens (tertiary/aromatic N) is 2. The summed E-state index contributed by atoms with van der Waals surface area (Å²) in [5.41, 5.74) is 12.9. The van der Waals surface area contributed by atoms with E-state index in [1.807, 2.05) is 0 Å². The predicted molar refractivity (Wildman–Crippen MR) is 141 cm³/mol. The molecule has 0 saturated carbocycles. The highest BCUT2D eigenvalue weighted by molar-refractivity contribution is 6.01. The number of nitrogens with two attached hydrogens (primary N) is 2. The minimum absolute atomic E-state index is 0.0105. The third kappa shape index (κ3) is 5.74. The quantitative estimate of drug-likeness (QED) is 0.379. The van der Waals surface area contributed by atoms with Crippen molar-refractivity contribution in [2.45, 2.75) is 51.1 Å². The number of nitrogen functional groups attached to an aromatic ring is 2. The Balaban J connectivity index is 1.47. The van der Waals surface area contributed by atoms with E-state index in [1.54, 1.807) is 13.8 Å². The first-order valence-corrected chi connectivity index (χ1v) is 12.6. The number of rotatable bonds is 8. The fourth-order valence-electron chi connectivity index (χ4n) is 5.03. The molecule has 10 nitrogen and oxygen atoms in total. The number of halogens is 2. The second-order valence-electron chi connectivity index (χ2n) is 9.87. The number of hydrogen-bond donors (Lipinski definition) is 2. The summed E-state index contributed by atoms with van der Waals surface area (Å²) in [6, 6.07) is 5.28. The van der Waals surface area contributed by atoms with Gasteiger partial charge in [0.15, 0.2) is 23.0 Å². The lowest BCUT2D eigenvalue weighted by Crippen LogP contribution is -2.34. The zero-order valence-corrected chi connectivity index (χ0v) is 22.4. The Morgan fingerprint density at radius 1 is 0.769 bits per heavy atom. The SMILES string of the molecule is COc1cc(C(=O)N2C[C@@H](F)C[C@H]2C)c(N)cc1OCOc1cc(N)c(C(=O)N2C[C@@H](F)C[C@H]2C)cc1OC. The Morgan fingerprint density at radius 3 is 1.46 bits per heavy atom. The molecule has 0 radical (unpaired) electrons. The van der Waals surface area contributed by atoms with Crippen molar-refractivity contribution in [1.29, 1.82) is 0 Å². The van der Waals surface area contributed by atoms with Gasteiger partial charge in [0.1, 0.15) is 12.3 Å². The molecule has 2 fully saturated rings. The minimum Gasteiger partial charge on any atom is -0.493 e. The maximum atomic E-state index is 13.8. The van der Waals surface area contributed by atoms with E-state index in [1.165, 1.54) is 48.3 Å². The van der Waals surface area contributed by atoms with E-state index in [9.17, 15) is 18.4 Å². The van der Waals surface area contributed by atoms with E-state index < -0.39 is 12.3 Å². The smallest absolute Gasteiger partial charge is 0.256 e. The van der Waals surface area contributed by atoms with E-state index in [2.05, 4.69) is 0 Å². The molecule has 0 spiro atoms. The molecule has 2 aliphatic rings. The number of carbonyl (C=O) groups excluding carboxylic acids is 2. The van der Waals surface area contributed by atoms with Crippen LogP contribution in [0.1, 0.15) is 47.4 Å². The van der Waals surface area contributed by atoms with Crippen LogP contribution in [0.15, 0.2) is 24.3 Å². The van der Waals surface area contributed by atoms with Gasteiger partial charge in [-0.1, -0.05) is 0 Å². The molecule has 0 aliphatic carbocycles. The van der Waals surface area contributed by atoms with Crippen molar-refractivity contribution >= 4 is 23.2 Å². The van der Waals surface area contributed by atoms with E-state index in [4.69, 9.17) is 30.4 Å². The maximum absolute atomic E-state index is 13.8. The van der Waals surface area contributed by atoms with Gasteiger partial charge in [-0.3, -0.25) is 9.59 Å². The first kappa shape index (κ1) is 28.1. The molecule has 2 amide bonds. The van der Waals surface area contributed by atoms with Crippen LogP contribution in [0, 0.1) is 0 Å². The molecule has 0 aromatic heterocycles. The van der Waals surface area contributed by atoms with Gasteiger partial charge in [-0.25, -0.2) is 8.78 Å². The second kappa shape index (κ2) is 11.4. The van der Waals surface area contributed by atoms with Crippen LogP contribution in [-0.2, 0) is 0 Å². The van der Waals surface area contributed by atoms with Crippen LogP contribution in [0.25, 0.3) is 0 Å². The van der Waals surface area contributed by atoms with Gasteiger partial charge in [0.2, 0.25) is 6.79 Å². The summed E-state index contributed by atoms with van der Waals surface area (Å²) in [5, 5.41) is 0. The summed E-state index contributed by atoms with van der Waals surface area (Å²) in [7, 11) is 2.82. The molecule has 4 atom stereocenters. The zero-order chi connectivity index (χ0) is 28.4.